The average Bonchev–Trinajstić information content (AvgIpc) is 2.18. The number of rotatable bonds is 8. The first kappa shape index (κ1) is 15.4. The van der Waals surface area contributed by atoms with Gasteiger partial charge < -0.3 is 14.2 Å². The first-order valence-corrected chi connectivity index (χ1v) is 6.85. The number of hydrogen-bond donors (Lipinski definition) is 1. The number of carbonyl (C=O) groups is 1. The highest BCUT2D eigenvalue weighted by molar-refractivity contribution is 7.55. The lowest BCUT2D eigenvalue weighted by Gasteiger charge is -2.22. The van der Waals surface area contributed by atoms with Crippen LogP contribution in [0.3, 0.4) is 0 Å². The van der Waals surface area contributed by atoms with Gasteiger partial charge in [-0.1, -0.05) is 12.2 Å². The molecule has 0 fully saturated rings. The molecule has 0 aliphatic carbocycles. The topological polar surface area (TPSA) is 72.8 Å². The Balaban J connectivity index is 4.93. The Morgan fingerprint density at radius 2 is 1.88 bits per heavy atom. The fourth-order valence-electron chi connectivity index (χ4n) is 1.21. The van der Waals surface area contributed by atoms with E-state index in [-0.39, 0.29) is 19.6 Å². The fourth-order valence-corrected chi connectivity index (χ4v) is 3.01. The summed E-state index contributed by atoms with van der Waals surface area (Å²) in [6, 6.07) is 0. The van der Waals surface area contributed by atoms with E-state index >= 15 is 0 Å². The van der Waals surface area contributed by atoms with Gasteiger partial charge in [-0.15, -0.1) is 0 Å². The van der Waals surface area contributed by atoms with E-state index in [2.05, 4.69) is 0 Å². The normalized spacial score (nSPS) is 14.2. The molecule has 5 nitrogen and oxygen atoms in total. The maximum Gasteiger partial charge on any atom is 0.345 e. The van der Waals surface area contributed by atoms with E-state index in [0.29, 0.717) is 0 Å². The SMILES string of the molecule is C/C=C/CC(C(=O)O)P(=O)(OCC)OCC. The van der Waals surface area contributed by atoms with E-state index in [1.165, 1.54) is 0 Å². The Hall–Kier alpha value is -0.640. The lowest BCUT2D eigenvalue weighted by atomic mass is 10.3. The van der Waals surface area contributed by atoms with Gasteiger partial charge in [-0.2, -0.15) is 0 Å². The molecule has 1 unspecified atom stereocenters. The summed E-state index contributed by atoms with van der Waals surface area (Å²) < 4.78 is 22.2. The molecule has 0 radical (unpaired) electrons. The van der Waals surface area contributed by atoms with Crippen LogP contribution in [0.2, 0.25) is 0 Å². The predicted molar refractivity (Wildman–Crippen MR) is 61.7 cm³/mol. The summed E-state index contributed by atoms with van der Waals surface area (Å²) in [5.41, 5.74) is -1.14. The van der Waals surface area contributed by atoms with Crippen molar-refractivity contribution in [2.24, 2.45) is 0 Å². The maximum absolute atomic E-state index is 12.2. The fraction of sp³-hybridized carbons (Fsp3) is 0.700. The van der Waals surface area contributed by atoms with Crippen molar-refractivity contribution >= 4 is 13.6 Å². The number of hydrogen-bond acceptors (Lipinski definition) is 4. The average molecular weight is 250 g/mol. The van der Waals surface area contributed by atoms with Crippen molar-refractivity contribution < 1.29 is 23.5 Å². The number of aliphatic carboxylic acids is 1. The minimum absolute atomic E-state index is 0.142. The van der Waals surface area contributed by atoms with Gasteiger partial charge in [-0.05, 0) is 27.2 Å². The molecule has 94 valence electrons. The van der Waals surface area contributed by atoms with Crippen molar-refractivity contribution in [2.75, 3.05) is 13.2 Å². The van der Waals surface area contributed by atoms with Crippen molar-refractivity contribution in [3.63, 3.8) is 0 Å². The van der Waals surface area contributed by atoms with Crippen LogP contribution in [0.1, 0.15) is 27.2 Å². The van der Waals surface area contributed by atoms with Crippen molar-refractivity contribution in [3.05, 3.63) is 12.2 Å². The summed E-state index contributed by atoms with van der Waals surface area (Å²) in [6.45, 7) is 5.40. The third-order valence-corrected chi connectivity index (χ3v) is 4.31. The van der Waals surface area contributed by atoms with Crippen LogP contribution in [-0.4, -0.2) is 29.9 Å². The zero-order chi connectivity index (χ0) is 12.6. The molecule has 0 heterocycles. The molecule has 0 aromatic carbocycles. The summed E-state index contributed by atoms with van der Waals surface area (Å²) in [7, 11) is -3.57. The number of allylic oxidation sites excluding steroid dienone is 2. The van der Waals surface area contributed by atoms with E-state index in [1.54, 1.807) is 32.9 Å². The van der Waals surface area contributed by atoms with Crippen molar-refractivity contribution in [3.8, 4) is 0 Å². The summed E-state index contributed by atoms with van der Waals surface area (Å²) in [5, 5.41) is 9.02. The summed E-state index contributed by atoms with van der Waals surface area (Å²) >= 11 is 0. The Kier molecular flexibility index (Phi) is 7.30. The van der Waals surface area contributed by atoms with Crippen LogP contribution in [-0.2, 0) is 18.4 Å². The largest absolute Gasteiger partial charge is 0.481 e. The molecule has 0 rings (SSSR count). The molecule has 6 heteroatoms. The highest BCUT2D eigenvalue weighted by Crippen LogP contribution is 2.54. The quantitative estimate of drug-likeness (QED) is 0.529. The van der Waals surface area contributed by atoms with Gasteiger partial charge in [0.1, 0.15) is 0 Å². The molecular weight excluding hydrogens is 231 g/mol. The minimum atomic E-state index is -3.57. The van der Waals surface area contributed by atoms with Crippen LogP contribution in [0, 0.1) is 0 Å². The van der Waals surface area contributed by atoms with Gasteiger partial charge in [0.2, 0.25) is 0 Å². The van der Waals surface area contributed by atoms with Crippen molar-refractivity contribution in [2.45, 2.75) is 32.9 Å². The zero-order valence-corrected chi connectivity index (χ0v) is 10.8. The zero-order valence-electron chi connectivity index (χ0n) is 9.88. The summed E-state index contributed by atoms with van der Waals surface area (Å²) in [5.74, 6) is -1.16. The number of carboxylic acid groups (broad SMARTS) is 1. The van der Waals surface area contributed by atoms with E-state index in [9.17, 15) is 9.36 Å². The Morgan fingerprint density at radius 3 is 2.19 bits per heavy atom. The minimum Gasteiger partial charge on any atom is -0.481 e. The monoisotopic (exact) mass is 250 g/mol. The Bertz CT molecular complexity index is 277. The van der Waals surface area contributed by atoms with E-state index < -0.39 is 19.2 Å². The van der Waals surface area contributed by atoms with Crippen LogP contribution in [0.4, 0.5) is 0 Å². The van der Waals surface area contributed by atoms with Crippen LogP contribution in [0.15, 0.2) is 12.2 Å². The molecule has 0 aromatic rings. The van der Waals surface area contributed by atoms with Crippen LogP contribution in [0.25, 0.3) is 0 Å². The van der Waals surface area contributed by atoms with E-state index in [4.69, 9.17) is 14.2 Å². The molecule has 0 saturated carbocycles. The standard InChI is InChI=1S/C10H19O5P/c1-4-7-8-9(10(11)12)16(13,14-5-2)15-6-3/h4,7,9H,5-6,8H2,1-3H3,(H,11,12)/b7-4+. The molecular formula is C10H19O5P. The highest BCUT2D eigenvalue weighted by atomic mass is 31.2. The molecule has 16 heavy (non-hydrogen) atoms. The second-order valence-electron chi connectivity index (χ2n) is 3.03. The second-order valence-corrected chi connectivity index (χ2v) is 5.25. The molecule has 0 aliphatic heterocycles. The molecule has 1 N–H and O–H groups in total. The summed E-state index contributed by atoms with van der Waals surface area (Å²) in [6.07, 6.45) is 3.49. The molecule has 0 amide bonds. The molecule has 0 saturated heterocycles. The van der Waals surface area contributed by atoms with Gasteiger partial charge >= 0.3 is 13.6 Å². The first-order valence-electron chi connectivity index (χ1n) is 5.24. The van der Waals surface area contributed by atoms with Gasteiger partial charge in [-0.25, -0.2) is 0 Å². The van der Waals surface area contributed by atoms with E-state index in [1.807, 2.05) is 0 Å². The highest BCUT2D eigenvalue weighted by Gasteiger charge is 2.40. The van der Waals surface area contributed by atoms with Gasteiger partial charge in [0.15, 0.2) is 5.66 Å². The maximum atomic E-state index is 12.2. The molecule has 1 atom stereocenters. The van der Waals surface area contributed by atoms with E-state index in [0.717, 1.165) is 0 Å². The predicted octanol–water partition coefficient (Wildman–Crippen LogP) is 2.67. The first-order chi connectivity index (χ1) is 7.51. The lowest BCUT2D eigenvalue weighted by Crippen LogP contribution is -2.22. The van der Waals surface area contributed by atoms with Crippen LogP contribution < -0.4 is 0 Å². The van der Waals surface area contributed by atoms with Crippen LogP contribution >= 0.6 is 7.60 Å². The van der Waals surface area contributed by atoms with Gasteiger partial charge in [0.25, 0.3) is 0 Å². The summed E-state index contributed by atoms with van der Waals surface area (Å²) in [4.78, 5) is 11.0. The Labute approximate surface area is 96.0 Å². The van der Waals surface area contributed by atoms with Crippen LogP contribution in [0.5, 0.6) is 0 Å². The smallest absolute Gasteiger partial charge is 0.345 e. The number of carboxylic acids is 1. The second kappa shape index (κ2) is 7.60. The lowest BCUT2D eigenvalue weighted by molar-refractivity contribution is -0.136. The molecule has 0 aliphatic rings. The van der Waals surface area contributed by atoms with Gasteiger partial charge in [0.05, 0.1) is 13.2 Å². The third-order valence-electron chi connectivity index (χ3n) is 1.88. The molecule has 0 bridgehead atoms. The van der Waals surface area contributed by atoms with Gasteiger partial charge in [0, 0.05) is 0 Å². The molecule has 0 spiro atoms. The molecule has 0 aromatic heterocycles. The van der Waals surface area contributed by atoms with Crippen molar-refractivity contribution in [1.82, 2.24) is 0 Å². The van der Waals surface area contributed by atoms with Crippen molar-refractivity contribution in [1.29, 1.82) is 0 Å². The van der Waals surface area contributed by atoms with Gasteiger partial charge in [-0.3, -0.25) is 9.36 Å². The Morgan fingerprint density at radius 1 is 1.38 bits per heavy atom. The third kappa shape index (κ3) is 4.47.